The maximum atomic E-state index is 6.36. The predicted octanol–water partition coefficient (Wildman–Crippen LogP) is 4.70. The van der Waals surface area contributed by atoms with E-state index in [0.717, 1.165) is 83.1 Å². The highest BCUT2D eigenvalue weighted by atomic mass is 16.5. The fourth-order valence-electron chi connectivity index (χ4n) is 5.00. The van der Waals surface area contributed by atoms with Gasteiger partial charge in [-0.1, -0.05) is 30.3 Å². The second-order valence-electron chi connectivity index (χ2n) is 8.82. The number of hydrogen-bond donors (Lipinski definition) is 0. The van der Waals surface area contributed by atoms with E-state index in [1.54, 1.807) is 14.2 Å². The highest BCUT2D eigenvalue weighted by Gasteiger charge is 2.26. The molecule has 6 nitrogen and oxygen atoms in total. The molecule has 178 valence electrons. The van der Waals surface area contributed by atoms with Gasteiger partial charge in [0.2, 0.25) is 0 Å². The van der Waals surface area contributed by atoms with Crippen molar-refractivity contribution < 1.29 is 18.9 Å². The topological polar surface area (TPSA) is 54.2 Å². The van der Waals surface area contributed by atoms with Gasteiger partial charge in [-0.15, -0.1) is 0 Å². The molecule has 1 aromatic heterocycles. The Bertz CT molecular complexity index is 1230. The van der Waals surface area contributed by atoms with Crippen molar-refractivity contribution in [2.24, 2.45) is 4.99 Å². The fourth-order valence-corrected chi connectivity index (χ4v) is 5.00. The van der Waals surface area contributed by atoms with Crippen LogP contribution in [0, 0.1) is 6.92 Å². The molecule has 0 amide bonds. The molecule has 1 unspecified atom stereocenters. The number of hydrogen-bond acceptors (Lipinski definition) is 5. The number of ether oxygens (including phenoxy) is 4. The number of fused-ring (bicyclic) bond motifs is 3. The predicted molar refractivity (Wildman–Crippen MR) is 132 cm³/mol. The van der Waals surface area contributed by atoms with Gasteiger partial charge in [0, 0.05) is 35.9 Å². The van der Waals surface area contributed by atoms with Gasteiger partial charge in [-0.3, -0.25) is 4.99 Å². The second kappa shape index (κ2) is 9.94. The lowest BCUT2D eigenvalue weighted by Crippen LogP contribution is -2.29. The number of pyridine rings is 1. The van der Waals surface area contributed by atoms with Crippen molar-refractivity contribution in [3.63, 3.8) is 0 Å². The summed E-state index contributed by atoms with van der Waals surface area (Å²) in [6.45, 7) is 4.95. The van der Waals surface area contributed by atoms with Crippen molar-refractivity contribution in [1.82, 2.24) is 4.57 Å². The van der Waals surface area contributed by atoms with Gasteiger partial charge in [0.05, 0.1) is 32.6 Å². The van der Waals surface area contributed by atoms with Gasteiger partial charge in [-0.2, -0.15) is 0 Å². The van der Waals surface area contributed by atoms with E-state index in [1.165, 1.54) is 0 Å². The maximum absolute atomic E-state index is 6.36. The Hall–Kier alpha value is -3.25. The lowest BCUT2D eigenvalue weighted by atomic mass is 9.93. The Morgan fingerprint density at radius 2 is 1.91 bits per heavy atom. The molecule has 0 spiro atoms. The standard InChI is InChI=1S/C28H32N2O4/c1-19-25(34-18-20-8-5-4-6-9-20)16-26(29-17-21-10-7-15-33-21)30-14-13-23-22(27(19)30)11-12-24(31-2)28(23)32-3/h4-6,8-9,11-12,16,21H,7,10,13-15,17-18H2,1-3H3/b29-26+. The molecule has 6 heteroatoms. The summed E-state index contributed by atoms with van der Waals surface area (Å²) in [6.07, 6.45) is 3.23. The summed E-state index contributed by atoms with van der Waals surface area (Å²) >= 11 is 0. The molecule has 1 atom stereocenters. The summed E-state index contributed by atoms with van der Waals surface area (Å²) in [5.74, 6) is 2.41. The van der Waals surface area contributed by atoms with Crippen LogP contribution >= 0.6 is 0 Å². The Morgan fingerprint density at radius 1 is 1.06 bits per heavy atom. The van der Waals surface area contributed by atoms with Crippen LogP contribution in [0.1, 0.15) is 29.5 Å². The van der Waals surface area contributed by atoms with Crippen molar-refractivity contribution in [1.29, 1.82) is 0 Å². The van der Waals surface area contributed by atoms with Gasteiger partial charge in [-0.05, 0) is 43.9 Å². The number of nitrogens with zero attached hydrogens (tertiary/aromatic N) is 2. The first-order valence-corrected chi connectivity index (χ1v) is 12.0. The smallest absolute Gasteiger partial charge is 0.164 e. The van der Waals surface area contributed by atoms with Crippen LogP contribution in [-0.4, -0.2) is 38.0 Å². The first-order valence-electron chi connectivity index (χ1n) is 12.0. The summed E-state index contributed by atoms with van der Waals surface area (Å²) in [7, 11) is 3.38. The van der Waals surface area contributed by atoms with Gasteiger partial charge >= 0.3 is 0 Å². The number of aromatic nitrogens is 1. The van der Waals surface area contributed by atoms with Crippen LogP contribution in [0.5, 0.6) is 17.2 Å². The van der Waals surface area contributed by atoms with Gasteiger partial charge in [0.25, 0.3) is 0 Å². The van der Waals surface area contributed by atoms with Crippen LogP contribution in [-0.2, 0) is 24.3 Å². The first-order chi connectivity index (χ1) is 16.7. The normalized spacial score (nSPS) is 17.3. The van der Waals surface area contributed by atoms with Crippen LogP contribution in [0.2, 0.25) is 0 Å². The van der Waals surface area contributed by atoms with Gasteiger partial charge in [-0.25, -0.2) is 0 Å². The molecule has 0 bridgehead atoms. The molecule has 5 rings (SSSR count). The van der Waals surface area contributed by atoms with E-state index < -0.39 is 0 Å². The zero-order valence-corrected chi connectivity index (χ0v) is 20.2. The van der Waals surface area contributed by atoms with Crippen molar-refractivity contribution in [3.05, 3.63) is 70.7 Å². The monoisotopic (exact) mass is 460 g/mol. The average molecular weight is 461 g/mol. The molecule has 34 heavy (non-hydrogen) atoms. The lowest BCUT2D eigenvalue weighted by molar-refractivity contribution is 0.117. The average Bonchev–Trinajstić information content (AvgIpc) is 3.40. The maximum Gasteiger partial charge on any atom is 0.164 e. The summed E-state index contributed by atoms with van der Waals surface area (Å²) in [6, 6.07) is 16.4. The molecule has 0 N–H and O–H groups in total. The zero-order valence-electron chi connectivity index (χ0n) is 20.2. The van der Waals surface area contributed by atoms with Crippen LogP contribution in [0.3, 0.4) is 0 Å². The molecule has 2 aromatic carbocycles. The van der Waals surface area contributed by atoms with E-state index in [0.29, 0.717) is 13.2 Å². The van der Waals surface area contributed by atoms with E-state index >= 15 is 0 Å². The first kappa shape index (κ1) is 22.5. The molecule has 0 aliphatic carbocycles. The van der Waals surface area contributed by atoms with Crippen molar-refractivity contribution >= 4 is 0 Å². The Kier molecular flexibility index (Phi) is 6.59. The van der Waals surface area contributed by atoms with Crippen LogP contribution < -0.4 is 19.7 Å². The minimum absolute atomic E-state index is 0.200. The molecular weight excluding hydrogens is 428 g/mol. The molecule has 1 fully saturated rings. The third-order valence-electron chi connectivity index (χ3n) is 6.74. The van der Waals surface area contributed by atoms with Crippen molar-refractivity contribution in [2.75, 3.05) is 27.4 Å². The van der Waals surface area contributed by atoms with Crippen LogP contribution in [0.15, 0.2) is 53.5 Å². The molecular formula is C28H32N2O4. The highest BCUT2D eigenvalue weighted by molar-refractivity contribution is 5.75. The van der Waals surface area contributed by atoms with Gasteiger partial charge in [0.15, 0.2) is 11.5 Å². The minimum atomic E-state index is 0.200. The van der Waals surface area contributed by atoms with E-state index in [-0.39, 0.29) is 6.10 Å². The third-order valence-corrected chi connectivity index (χ3v) is 6.74. The summed E-state index contributed by atoms with van der Waals surface area (Å²) in [5, 5.41) is 0. The van der Waals surface area contributed by atoms with E-state index in [2.05, 4.69) is 35.8 Å². The van der Waals surface area contributed by atoms with E-state index in [1.807, 2.05) is 24.3 Å². The molecule has 2 aliphatic heterocycles. The molecule has 3 aromatic rings. The SMILES string of the molecule is COc1ccc2c(c1OC)CCn1c-2c(C)c(OCc2ccccc2)c/c1=N\CC1CCCO1. The fraction of sp³-hybridized carbons (Fsp3) is 0.393. The number of methoxy groups -OCH3 is 2. The Balaban J connectivity index is 1.62. The molecule has 2 aliphatic rings. The highest BCUT2D eigenvalue weighted by Crippen LogP contribution is 2.42. The summed E-state index contributed by atoms with van der Waals surface area (Å²) in [4.78, 5) is 5.01. The summed E-state index contributed by atoms with van der Waals surface area (Å²) < 4.78 is 25.8. The Morgan fingerprint density at radius 3 is 2.65 bits per heavy atom. The largest absolute Gasteiger partial charge is 0.493 e. The molecule has 0 radical (unpaired) electrons. The molecule has 3 heterocycles. The Labute approximate surface area is 200 Å². The van der Waals surface area contributed by atoms with Crippen LogP contribution in [0.25, 0.3) is 11.3 Å². The number of benzene rings is 2. The summed E-state index contributed by atoms with van der Waals surface area (Å²) in [5.41, 5.74) is 6.59. The third kappa shape index (κ3) is 4.30. The van der Waals surface area contributed by atoms with E-state index in [4.69, 9.17) is 23.9 Å². The lowest BCUT2D eigenvalue weighted by Gasteiger charge is -2.28. The van der Waals surface area contributed by atoms with Crippen molar-refractivity contribution in [2.45, 2.75) is 45.4 Å². The van der Waals surface area contributed by atoms with Gasteiger partial charge < -0.3 is 23.5 Å². The number of rotatable bonds is 7. The van der Waals surface area contributed by atoms with E-state index in [9.17, 15) is 0 Å². The van der Waals surface area contributed by atoms with Crippen molar-refractivity contribution in [3.8, 4) is 28.5 Å². The van der Waals surface area contributed by atoms with Crippen LogP contribution in [0.4, 0.5) is 0 Å². The quantitative estimate of drug-likeness (QED) is 0.513. The second-order valence-corrected chi connectivity index (χ2v) is 8.82. The van der Waals surface area contributed by atoms with Gasteiger partial charge in [0.1, 0.15) is 17.8 Å². The zero-order chi connectivity index (χ0) is 23.5. The molecule has 1 saturated heterocycles. The molecule has 0 saturated carbocycles. The minimum Gasteiger partial charge on any atom is -0.493 e.